The number of piperidine rings is 1. The van der Waals surface area contributed by atoms with Crippen molar-refractivity contribution in [3.8, 4) is 0 Å². The highest BCUT2D eigenvalue weighted by Gasteiger charge is 2.43. The van der Waals surface area contributed by atoms with Crippen molar-refractivity contribution in [2.75, 3.05) is 13.1 Å². The second-order valence-electron chi connectivity index (χ2n) is 8.46. The molecule has 2 rings (SSSR count). The molecule has 3 atom stereocenters. The van der Waals surface area contributed by atoms with E-state index in [1.54, 1.807) is 0 Å². The van der Waals surface area contributed by atoms with Gasteiger partial charge in [-0.05, 0) is 69.7 Å². The molecule has 2 fully saturated rings. The third-order valence-electron chi connectivity index (χ3n) is 5.24. The summed E-state index contributed by atoms with van der Waals surface area (Å²) in [4.78, 5) is 2.71. The Labute approximate surface area is 108 Å². The minimum atomic E-state index is 0.366. The standard InChI is InChI=1S/C16H31N/c1-15(2,3)14-9-12-7-8-17(16(4,5)6)11-13(12)10-14/h12-14H,7-11H2,1-6H3. The van der Waals surface area contributed by atoms with E-state index in [9.17, 15) is 0 Å². The third-order valence-corrected chi connectivity index (χ3v) is 5.24. The van der Waals surface area contributed by atoms with Gasteiger partial charge in [-0.3, -0.25) is 4.90 Å². The molecule has 0 bridgehead atoms. The molecule has 0 N–H and O–H groups in total. The Balaban J connectivity index is 1.99. The van der Waals surface area contributed by atoms with Crippen LogP contribution >= 0.6 is 0 Å². The topological polar surface area (TPSA) is 3.24 Å². The first-order valence-corrected chi connectivity index (χ1v) is 7.43. The summed E-state index contributed by atoms with van der Waals surface area (Å²) in [6.45, 7) is 17.0. The van der Waals surface area contributed by atoms with Crippen LogP contribution < -0.4 is 0 Å². The maximum Gasteiger partial charge on any atom is 0.0125 e. The van der Waals surface area contributed by atoms with Gasteiger partial charge in [0, 0.05) is 12.1 Å². The first-order valence-electron chi connectivity index (χ1n) is 7.43. The van der Waals surface area contributed by atoms with E-state index in [1.165, 1.54) is 32.4 Å². The predicted molar refractivity (Wildman–Crippen MR) is 75.1 cm³/mol. The highest BCUT2D eigenvalue weighted by molar-refractivity contribution is 4.95. The highest BCUT2D eigenvalue weighted by Crippen LogP contribution is 2.48. The maximum atomic E-state index is 2.71. The Kier molecular flexibility index (Phi) is 3.36. The molecule has 1 saturated carbocycles. The van der Waals surface area contributed by atoms with Crippen LogP contribution in [0, 0.1) is 23.2 Å². The fourth-order valence-electron chi connectivity index (χ4n) is 3.80. The smallest absolute Gasteiger partial charge is 0.0125 e. The van der Waals surface area contributed by atoms with Gasteiger partial charge in [0.15, 0.2) is 0 Å². The van der Waals surface area contributed by atoms with Crippen LogP contribution in [0.25, 0.3) is 0 Å². The Morgan fingerprint density at radius 1 is 0.882 bits per heavy atom. The summed E-state index contributed by atoms with van der Waals surface area (Å²) in [5.74, 6) is 2.96. The quantitative estimate of drug-likeness (QED) is 0.611. The molecule has 0 amide bonds. The van der Waals surface area contributed by atoms with Gasteiger partial charge in [-0.15, -0.1) is 0 Å². The minimum Gasteiger partial charge on any atom is -0.298 e. The second kappa shape index (κ2) is 4.26. The van der Waals surface area contributed by atoms with E-state index in [0.717, 1.165) is 17.8 Å². The number of likely N-dealkylation sites (tertiary alicyclic amines) is 1. The molecule has 1 aliphatic carbocycles. The van der Waals surface area contributed by atoms with Crippen LogP contribution in [-0.4, -0.2) is 23.5 Å². The van der Waals surface area contributed by atoms with Gasteiger partial charge in [-0.25, -0.2) is 0 Å². The van der Waals surface area contributed by atoms with Crippen molar-refractivity contribution in [3.63, 3.8) is 0 Å². The third kappa shape index (κ3) is 2.86. The monoisotopic (exact) mass is 237 g/mol. The van der Waals surface area contributed by atoms with E-state index < -0.39 is 0 Å². The van der Waals surface area contributed by atoms with Gasteiger partial charge in [-0.2, -0.15) is 0 Å². The lowest BCUT2D eigenvalue weighted by molar-refractivity contribution is 0.0581. The molecule has 0 aromatic heterocycles. The lowest BCUT2D eigenvalue weighted by atomic mass is 9.79. The zero-order valence-electron chi connectivity index (χ0n) is 12.7. The van der Waals surface area contributed by atoms with E-state index >= 15 is 0 Å². The van der Waals surface area contributed by atoms with Crippen LogP contribution in [0.2, 0.25) is 0 Å². The largest absolute Gasteiger partial charge is 0.298 e. The highest BCUT2D eigenvalue weighted by atomic mass is 15.2. The summed E-state index contributed by atoms with van der Waals surface area (Å²) in [7, 11) is 0. The van der Waals surface area contributed by atoms with Crippen molar-refractivity contribution in [2.24, 2.45) is 23.2 Å². The number of hydrogen-bond acceptors (Lipinski definition) is 1. The molecule has 3 unspecified atom stereocenters. The summed E-state index contributed by atoms with van der Waals surface area (Å²) >= 11 is 0. The van der Waals surface area contributed by atoms with Crippen molar-refractivity contribution < 1.29 is 0 Å². The average Bonchev–Trinajstić information content (AvgIpc) is 2.57. The molecular weight excluding hydrogens is 206 g/mol. The maximum absolute atomic E-state index is 2.71. The molecule has 17 heavy (non-hydrogen) atoms. The summed E-state index contributed by atoms with van der Waals surface area (Å²) in [6.07, 6.45) is 4.40. The number of fused-ring (bicyclic) bond motifs is 1. The SMILES string of the molecule is CC(C)(C)C1CC2CCN(C(C)(C)C)CC2C1. The molecule has 0 aromatic rings. The van der Waals surface area contributed by atoms with Gasteiger partial charge in [0.05, 0.1) is 0 Å². The van der Waals surface area contributed by atoms with Crippen LogP contribution in [-0.2, 0) is 0 Å². The molecule has 100 valence electrons. The molecule has 0 radical (unpaired) electrons. The van der Waals surface area contributed by atoms with Gasteiger partial charge in [0.1, 0.15) is 0 Å². The van der Waals surface area contributed by atoms with Gasteiger partial charge in [-0.1, -0.05) is 20.8 Å². The molecule has 0 spiro atoms. The van der Waals surface area contributed by atoms with Gasteiger partial charge in [0.25, 0.3) is 0 Å². The molecule has 1 heteroatoms. The molecule has 1 aliphatic heterocycles. The van der Waals surface area contributed by atoms with E-state index in [4.69, 9.17) is 0 Å². The molecular formula is C16H31N. The van der Waals surface area contributed by atoms with Crippen LogP contribution in [0.1, 0.15) is 60.8 Å². The predicted octanol–water partition coefficient (Wildman–Crippen LogP) is 4.18. The second-order valence-corrected chi connectivity index (χ2v) is 8.46. The van der Waals surface area contributed by atoms with Crippen molar-refractivity contribution in [2.45, 2.75) is 66.3 Å². The van der Waals surface area contributed by atoms with Gasteiger partial charge >= 0.3 is 0 Å². The fourth-order valence-corrected chi connectivity index (χ4v) is 3.80. The molecule has 1 saturated heterocycles. The number of rotatable bonds is 0. The Morgan fingerprint density at radius 2 is 1.47 bits per heavy atom. The number of hydrogen-bond donors (Lipinski definition) is 0. The van der Waals surface area contributed by atoms with Crippen LogP contribution in [0.3, 0.4) is 0 Å². The summed E-state index contributed by atoms with van der Waals surface area (Å²) < 4.78 is 0. The first kappa shape index (κ1) is 13.4. The van der Waals surface area contributed by atoms with Crippen molar-refractivity contribution >= 4 is 0 Å². The van der Waals surface area contributed by atoms with Crippen molar-refractivity contribution in [1.29, 1.82) is 0 Å². The minimum absolute atomic E-state index is 0.366. The molecule has 2 aliphatic rings. The zero-order valence-corrected chi connectivity index (χ0v) is 12.7. The van der Waals surface area contributed by atoms with E-state index in [-0.39, 0.29) is 0 Å². The van der Waals surface area contributed by atoms with Crippen LogP contribution in [0.4, 0.5) is 0 Å². The first-order chi connectivity index (χ1) is 7.68. The summed E-state index contributed by atoms with van der Waals surface area (Å²) in [6, 6.07) is 0. The van der Waals surface area contributed by atoms with Crippen molar-refractivity contribution in [3.05, 3.63) is 0 Å². The summed E-state index contributed by atoms with van der Waals surface area (Å²) in [5.41, 5.74) is 0.884. The molecule has 0 aromatic carbocycles. The normalized spacial score (nSPS) is 36.0. The fraction of sp³-hybridized carbons (Fsp3) is 1.00. The molecule has 1 heterocycles. The van der Waals surface area contributed by atoms with Crippen LogP contribution in [0.5, 0.6) is 0 Å². The Bertz CT molecular complexity index is 256. The lowest BCUT2D eigenvalue weighted by Crippen LogP contribution is -2.48. The van der Waals surface area contributed by atoms with Gasteiger partial charge in [0.2, 0.25) is 0 Å². The van der Waals surface area contributed by atoms with E-state index in [1.807, 2.05) is 0 Å². The Hall–Kier alpha value is -0.0400. The zero-order chi connectivity index (χ0) is 12.8. The van der Waals surface area contributed by atoms with Gasteiger partial charge < -0.3 is 0 Å². The Morgan fingerprint density at radius 3 is 2.00 bits per heavy atom. The number of nitrogens with zero attached hydrogens (tertiary/aromatic N) is 1. The lowest BCUT2D eigenvalue weighted by Gasteiger charge is -2.43. The molecule has 1 nitrogen and oxygen atoms in total. The van der Waals surface area contributed by atoms with E-state index in [2.05, 4.69) is 46.4 Å². The average molecular weight is 237 g/mol. The summed E-state index contributed by atoms with van der Waals surface area (Å²) in [5, 5.41) is 0. The van der Waals surface area contributed by atoms with Crippen LogP contribution in [0.15, 0.2) is 0 Å². The van der Waals surface area contributed by atoms with E-state index in [0.29, 0.717) is 11.0 Å². The van der Waals surface area contributed by atoms with Crippen molar-refractivity contribution in [1.82, 2.24) is 4.90 Å².